The molecule has 10 heteroatoms. The highest BCUT2D eigenvalue weighted by Gasteiger charge is 2.54. The van der Waals surface area contributed by atoms with Crippen molar-refractivity contribution in [2.75, 3.05) is 57.9 Å². The number of likely N-dealkylation sites (N-methyl/N-ethyl adjacent to an activating group) is 1. The fraction of sp³-hybridized carbons (Fsp3) is 0.462. The molecule has 260 valence electrons. The lowest BCUT2D eigenvalue weighted by Crippen LogP contribution is -2.60. The van der Waals surface area contributed by atoms with Gasteiger partial charge in [0, 0.05) is 44.8 Å². The number of nitrogens with zero attached hydrogens (tertiary/aromatic N) is 4. The van der Waals surface area contributed by atoms with E-state index in [0.717, 1.165) is 42.2 Å². The van der Waals surface area contributed by atoms with Crippen LogP contribution in [0.15, 0.2) is 78.9 Å². The minimum Gasteiger partial charge on any atom is -0.497 e. The van der Waals surface area contributed by atoms with Gasteiger partial charge in [0.25, 0.3) is 0 Å². The number of para-hydroxylation sites is 1. The van der Waals surface area contributed by atoms with Crippen molar-refractivity contribution < 1.29 is 19.1 Å². The van der Waals surface area contributed by atoms with Gasteiger partial charge >= 0.3 is 0 Å². The maximum absolute atomic E-state index is 14.3. The van der Waals surface area contributed by atoms with E-state index in [9.17, 15) is 14.4 Å². The number of fused-ring (bicyclic) bond motifs is 1. The molecule has 10 nitrogen and oxygen atoms in total. The topological polar surface area (TPSA) is 97.5 Å². The van der Waals surface area contributed by atoms with Crippen LogP contribution < -0.4 is 20.3 Å². The predicted octanol–water partition coefficient (Wildman–Crippen LogP) is 3.45. The lowest BCUT2D eigenvalue weighted by atomic mass is 9.85. The first-order valence-electron chi connectivity index (χ1n) is 17.7. The summed E-state index contributed by atoms with van der Waals surface area (Å²) in [5, 5.41) is 6.49. The largest absolute Gasteiger partial charge is 0.497 e. The van der Waals surface area contributed by atoms with Crippen molar-refractivity contribution >= 4 is 23.4 Å². The molecule has 0 unspecified atom stereocenters. The third kappa shape index (κ3) is 7.45. The molecule has 49 heavy (non-hydrogen) atoms. The fourth-order valence-corrected chi connectivity index (χ4v) is 7.60. The van der Waals surface area contributed by atoms with Gasteiger partial charge in [-0.3, -0.25) is 14.4 Å². The third-order valence-corrected chi connectivity index (χ3v) is 10.7. The maximum Gasteiger partial charge on any atom is 0.250 e. The summed E-state index contributed by atoms with van der Waals surface area (Å²) in [6, 6.07) is 24.7. The molecule has 0 saturated carbocycles. The molecule has 3 aliphatic heterocycles. The number of piperidine rings is 1. The zero-order valence-electron chi connectivity index (χ0n) is 29.1. The van der Waals surface area contributed by atoms with Crippen LogP contribution in [0.3, 0.4) is 0 Å². The van der Waals surface area contributed by atoms with Gasteiger partial charge in [0.2, 0.25) is 17.7 Å². The lowest BCUT2D eigenvalue weighted by Gasteiger charge is -2.44. The second kappa shape index (κ2) is 15.4. The van der Waals surface area contributed by atoms with E-state index in [1.807, 2.05) is 64.4 Å². The van der Waals surface area contributed by atoms with Gasteiger partial charge in [-0.15, -0.1) is 0 Å². The Bertz CT molecular complexity index is 1590. The molecule has 0 aliphatic carbocycles. The van der Waals surface area contributed by atoms with Crippen molar-refractivity contribution in [1.29, 1.82) is 0 Å². The lowest BCUT2D eigenvalue weighted by molar-refractivity contribution is -0.141. The van der Waals surface area contributed by atoms with Crippen LogP contribution in [-0.4, -0.2) is 103 Å². The quantitative estimate of drug-likeness (QED) is 0.306. The van der Waals surface area contributed by atoms with E-state index in [-0.39, 0.29) is 17.7 Å². The average molecular weight is 667 g/mol. The minimum atomic E-state index is -0.746. The number of carbonyl (C=O) groups excluding carboxylic acids is 3. The van der Waals surface area contributed by atoms with Crippen molar-refractivity contribution in [3.8, 4) is 5.75 Å². The molecule has 2 atom stereocenters. The Kier molecular flexibility index (Phi) is 10.8. The van der Waals surface area contributed by atoms with Crippen molar-refractivity contribution in [2.45, 2.75) is 63.7 Å². The first-order valence-corrected chi connectivity index (χ1v) is 17.7. The van der Waals surface area contributed by atoms with Gasteiger partial charge in [0.05, 0.1) is 19.8 Å². The molecule has 2 fully saturated rings. The van der Waals surface area contributed by atoms with E-state index in [2.05, 4.69) is 58.5 Å². The number of hydrogen-bond acceptors (Lipinski definition) is 7. The Morgan fingerprint density at radius 3 is 2.31 bits per heavy atom. The number of anilines is 1. The number of carbonyl (C=O) groups is 3. The smallest absolute Gasteiger partial charge is 0.250 e. The highest BCUT2D eigenvalue weighted by Crippen LogP contribution is 2.39. The normalized spacial score (nSPS) is 19.2. The van der Waals surface area contributed by atoms with Crippen LogP contribution in [0.5, 0.6) is 5.75 Å². The molecule has 2 saturated heterocycles. The number of hydrogen-bond donors (Lipinski definition) is 2. The van der Waals surface area contributed by atoms with Gasteiger partial charge in [-0.25, -0.2) is 0 Å². The molecule has 1 spiro atoms. The molecule has 0 radical (unpaired) electrons. The van der Waals surface area contributed by atoms with E-state index >= 15 is 0 Å². The predicted molar refractivity (Wildman–Crippen MR) is 191 cm³/mol. The molecular weight excluding hydrogens is 616 g/mol. The SMILES string of the molecule is CCN(CC)CCN1CN(c2ccccc2)C2(CCN(C(=O)[C@@H](Cc3ccc(OC)cc3)NC(=O)[C@H]3Cc4ccccc4CN3)CC2)C1=O. The molecule has 3 amide bonds. The van der Waals surface area contributed by atoms with Crippen LogP contribution in [0.4, 0.5) is 5.69 Å². The molecule has 3 aliphatic rings. The number of ether oxygens (including phenoxy) is 1. The van der Waals surface area contributed by atoms with Crippen molar-refractivity contribution in [1.82, 2.24) is 25.3 Å². The first-order chi connectivity index (χ1) is 23.8. The number of amides is 3. The van der Waals surface area contributed by atoms with Crippen LogP contribution in [-0.2, 0) is 33.8 Å². The minimum absolute atomic E-state index is 0.120. The highest BCUT2D eigenvalue weighted by atomic mass is 16.5. The summed E-state index contributed by atoms with van der Waals surface area (Å²) in [4.78, 5) is 50.7. The first kappa shape index (κ1) is 34.5. The zero-order valence-corrected chi connectivity index (χ0v) is 29.1. The number of likely N-dealkylation sites (tertiary alicyclic amines) is 1. The van der Waals surface area contributed by atoms with Gasteiger partial charge < -0.3 is 35.0 Å². The van der Waals surface area contributed by atoms with E-state index in [0.29, 0.717) is 58.5 Å². The Balaban J connectivity index is 1.19. The maximum atomic E-state index is 14.3. The summed E-state index contributed by atoms with van der Waals surface area (Å²) in [7, 11) is 1.62. The summed E-state index contributed by atoms with van der Waals surface area (Å²) in [6.45, 7) is 9.69. The van der Waals surface area contributed by atoms with Gasteiger partial charge in [-0.1, -0.05) is 68.4 Å². The van der Waals surface area contributed by atoms with Crippen molar-refractivity contribution in [2.24, 2.45) is 0 Å². The number of nitrogens with one attached hydrogen (secondary N) is 2. The molecule has 6 rings (SSSR count). The summed E-state index contributed by atoms with van der Waals surface area (Å²) in [6.07, 6.45) is 1.98. The van der Waals surface area contributed by atoms with E-state index in [4.69, 9.17) is 4.74 Å². The van der Waals surface area contributed by atoms with Crippen LogP contribution in [0, 0.1) is 0 Å². The summed E-state index contributed by atoms with van der Waals surface area (Å²) >= 11 is 0. The molecular formula is C39H50N6O4. The molecule has 0 aromatic heterocycles. The standard InChI is InChI=1S/C39H50N6O4/c1-4-42(5-2)23-24-44-28-45(32-13-7-6-8-14-32)39(38(44)48)19-21-43(22-20-39)37(47)35(25-29-15-17-33(49-3)18-16-29)41-36(46)34-26-30-11-9-10-12-31(30)27-40-34/h6-18,34-35,40H,4-5,19-28H2,1-3H3,(H,41,46)/t34-,35-/m1/s1. The average Bonchev–Trinajstić information content (AvgIpc) is 3.41. The van der Waals surface area contributed by atoms with Crippen molar-refractivity contribution in [3.63, 3.8) is 0 Å². The molecule has 3 heterocycles. The second-order valence-electron chi connectivity index (χ2n) is 13.4. The fourth-order valence-electron chi connectivity index (χ4n) is 7.60. The van der Waals surface area contributed by atoms with E-state index in [1.165, 1.54) is 5.56 Å². The van der Waals surface area contributed by atoms with E-state index < -0.39 is 17.6 Å². The van der Waals surface area contributed by atoms with Gasteiger partial charge in [0.15, 0.2) is 0 Å². The summed E-state index contributed by atoms with van der Waals surface area (Å²) in [5.41, 5.74) is 3.58. The monoisotopic (exact) mass is 666 g/mol. The molecule has 3 aromatic rings. The molecule has 3 aromatic carbocycles. The van der Waals surface area contributed by atoms with E-state index in [1.54, 1.807) is 7.11 Å². The second-order valence-corrected chi connectivity index (χ2v) is 13.4. The number of rotatable bonds is 12. The Morgan fingerprint density at radius 2 is 1.63 bits per heavy atom. The Morgan fingerprint density at radius 1 is 0.959 bits per heavy atom. The Hall–Kier alpha value is -4.41. The van der Waals surface area contributed by atoms with Crippen LogP contribution in [0.25, 0.3) is 0 Å². The third-order valence-electron chi connectivity index (χ3n) is 10.7. The molecule has 0 bridgehead atoms. The van der Waals surface area contributed by atoms with Crippen LogP contribution in [0.2, 0.25) is 0 Å². The number of benzene rings is 3. The van der Waals surface area contributed by atoms with Crippen LogP contribution >= 0.6 is 0 Å². The van der Waals surface area contributed by atoms with Gasteiger partial charge in [0.1, 0.15) is 17.3 Å². The highest BCUT2D eigenvalue weighted by molar-refractivity contribution is 5.94. The van der Waals surface area contributed by atoms with Crippen LogP contribution in [0.1, 0.15) is 43.4 Å². The van der Waals surface area contributed by atoms with Crippen molar-refractivity contribution in [3.05, 3.63) is 95.6 Å². The molecule has 2 N–H and O–H groups in total. The summed E-state index contributed by atoms with van der Waals surface area (Å²) < 4.78 is 5.34. The van der Waals surface area contributed by atoms with Gasteiger partial charge in [-0.05, 0) is 73.3 Å². The summed E-state index contributed by atoms with van der Waals surface area (Å²) in [5.74, 6) is 0.574. The Labute approximate surface area is 290 Å². The van der Waals surface area contributed by atoms with Gasteiger partial charge in [-0.2, -0.15) is 0 Å². The zero-order chi connectivity index (χ0) is 34.4. The number of methoxy groups -OCH3 is 1.